The molecule has 25 heavy (non-hydrogen) atoms. The Hall–Kier alpha value is -2.31. The van der Waals surface area contributed by atoms with Crippen LogP contribution in [0.25, 0.3) is 10.9 Å². The van der Waals surface area contributed by atoms with Crippen molar-refractivity contribution >= 4 is 20.9 Å². The summed E-state index contributed by atoms with van der Waals surface area (Å²) in [4.78, 5) is 3.45. The first-order valence-electron chi connectivity index (χ1n) is 8.04. The summed E-state index contributed by atoms with van der Waals surface area (Å²) in [6.07, 6.45) is 2.51. The van der Waals surface area contributed by atoms with E-state index in [9.17, 15) is 8.42 Å². The number of benzene rings is 2. The lowest BCUT2D eigenvalue weighted by Crippen LogP contribution is -2.44. The molecule has 0 amide bonds. The molecule has 0 atom stereocenters. The molecule has 2 N–H and O–H groups in total. The second-order valence-electron chi connectivity index (χ2n) is 6.70. The van der Waals surface area contributed by atoms with E-state index >= 15 is 0 Å². The number of aromatic amines is 1. The van der Waals surface area contributed by atoms with Gasteiger partial charge >= 0.3 is 0 Å². The summed E-state index contributed by atoms with van der Waals surface area (Å²) in [5, 5.41) is 1.11. The van der Waals surface area contributed by atoms with E-state index < -0.39 is 15.6 Å². The number of para-hydroxylation sites is 1. The van der Waals surface area contributed by atoms with Crippen molar-refractivity contribution in [2.45, 2.75) is 30.7 Å². The standard InChI is InChI=1S/C19H22N2O3S/c1-19(2,12-14-13-20-18-7-5-4-6-17(14)18)21-25(22,23)16-10-8-15(24-3)9-11-16/h4-11,13,20-21H,12H2,1-3H3. The van der Waals surface area contributed by atoms with Crippen LogP contribution in [0.15, 0.2) is 59.6 Å². The van der Waals surface area contributed by atoms with E-state index in [1.165, 1.54) is 0 Å². The molecule has 5 nitrogen and oxygen atoms in total. The van der Waals surface area contributed by atoms with Gasteiger partial charge in [0, 0.05) is 22.6 Å². The summed E-state index contributed by atoms with van der Waals surface area (Å²) >= 11 is 0. The molecule has 0 spiro atoms. The van der Waals surface area contributed by atoms with E-state index in [-0.39, 0.29) is 4.90 Å². The highest BCUT2D eigenvalue weighted by Crippen LogP contribution is 2.24. The number of hydrogen-bond donors (Lipinski definition) is 2. The summed E-state index contributed by atoms with van der Waals surface area (Å²) < 4.78 is 33.2. The Kier molecular flexibility index (Phi) is 4.58. The van der Waals surface area contributed by atoms with Gasteiger partial charge in [-0.15, -0.1) is 0 Å². The monoisotopic (exact) mass is 358 g/mol. The minimum absolute atomic E-state index is 0.223. The molecule has 0 saturated carbocycles. The van der Waals surface area contributed by atoms with Crippen molar-refractivity contribution in [3.05, 3.63) is 60.3 Å². The topological polar surface area (TPSA) is 71.2 Å². The molecule has 6 heteroatoms. The Balaban J connectivity index is 1.82. The first-order chi connectivity index (χ1) is 11.8. The number of H-pyrrole nitrogens is 1. The zero-order valence-electron chi connectivity index (χ0n) is 14.5. The fourth-order valence-electron chi connectivity index (χ4n) is 2.97. The fourth-order valence-corrected chi connectivity index (χ4v) is 4.38. The Labute approximate surface area is 148 Å². The van der Waals surface area contributed by atoms with Gasteiger partial charge < -0.3 is 9.72 Å². The third kappa shape index (κ3) is 3.86. The number of nitrogens with one attached hydrogen (secondary N) is 2. The zero-order chi connectivity index (χ0) is 18.1. The average molecular weight is 358 g/mol. The molecular formula is C19H22N2O3S. The summed E-state index contributed by atoms with van der Waals surface area (Å²) in [6, 6.07) is 14.4. The number of hydrogen-bond acceptors (Lipinski definition) is 3. The molecule has 0 fully saturated rings. The average Bonchev–Trinajstić information content (AvgIpc) is 2.96. The Bertz CT molecular complexity index is 973. The van der Waals surface area contributed by atoms with Crippen LogP contribution < -0.4 is 9.46 Å². The predicted molar refractivity (Wildman–Crippen MR) is 99.4 cm³/mol. The lowest BCUT2D eigenvalue weighted by atomic mass is 9.96. The van der Waals surface area contributed by atoms with E-state index in [0.29, 0.717) is 12.2 Å². The number of sulfonamides is 1. The predicted octanol–water partition coefficient (Wildman–Crippen LogP) is 3.48. The fraction of sp³-hybridized carbons (Fsp3) is 0.263. The Morgan fingerprint density at radius 2 is 1.76 bits per heavy atom. The highest BCUT2D eigenvalue weighted by Gasteiger charge is 2.27. The molecule has 132 valence electrons. The van der Waals surface area contributed by atoms with Gasteiger partial charge in [-0.05, 0) is 56.2 Å². The number of aromatic nitrogens is 1. The first kappa shape index (κ1) is 17.5. The SMILES string of the molecule is COc1ccc(S(=O)(=O)NC(C)(C)Cc2c[nH]c3ccccc23)cc1. The summed E-state index contributed by atoms with van der Waals surface area (Å²) in [7, 11) is -2.07. The van der Waals surface area contributed by atoms with Crippen LogP contribution in [0, 0.1) is 0 Å². The third-order valence-corrected chi connectivity index (χ3v) is 5.80. The molecule has 1 aromatic heterocycles. The van der Waals surface area contributed by atoms with Crippen molar-refractivity contribution in [1.29, 1.82) is 0 Å². The van der Waals surface area contributed by atoms with Crippen LogP contribution >= 0.6 is 0 Å². The summed E-state index contributed by atoms with van der Waals surface area (Å²) in [5.41, 5.74) is 1.49. The number of fused-ring (bicyclic) bond motifs is 1. The van der Waals surface area contributed by atoms with E-state index in [2.05, 4.69) is 9.71 Å². The van der Waals surface area contributed by atoms with E-state index in [4.69, 9.17) is 4.74 Å². The van der Waals surface area contributed by atoms with Crippen LogP contribution in [0.5, 0.6) is 5.75 Å². The van der Waals surface area contributed by atoms with Gasteiger partial charge in [0.2, 0.25) is 10.0 Å². The van der Waals surface area contributed by atoms with E-state index in [1.807, 2.05) is 44.3 Å². The van der Waals surface area contributed by atoms with Crippen molar-refractivity contribution in [1.82, 2.24) is 9.71 Å². The van der Waals surface area contributed by atoms with E-state index in [1.54, 1.807) is 31.4 Å². The maximum Gasteiger partial charge on any atom is 0.241 e. The number of ether oxygens (including phenoxy) is 1. The van der Waals surface area contributed by atoms with Gasteiger partial charge in [0.05, 0.1) is 12.0 Å². The molecule has 0 unspecified atom stereocenters. The minimum Gasteiger partial charge on any atom is -0.497 e. The molecule has 2 aromatic carbocycles. The van der Waals surface area contributed by atoms with Crippen molar-refractivity contribution in [2.24, 2.45) is 0 Å². The molecule has 0 radical (unpaired) electrons. The molecule has 3 rings (SSSR count). The van der Waals surface area contributed by atoms with Crippen LogP contribution in [0.2, 0.25) is 0 Å². The molecule has 0 aliphatic heterocycles. The zero-order valence-corrected chi connectivity index (χ0v) is 15.4. The van der Waals surface area contributed by atoms with Gasteiger partial charge in [-0.25, -0.2) is 13.1 Å². The smallest absolute Gasteiger partial charge is 0.241 e. The first-order valence-corrected chi connectivity index (χ1v) is 9.52. The molecule has 0 bridgehead atoms. The van der Waals surface area contributed by atoms with Gasteiger partial charge in [-0.2, -0.15) is 0 Å². The molecule has 3 aromatic rings. The van der Waals surface area contributed by atoms with Crippen LogP contribution in [0.1, 0.15) is 19.4 Å². The van der Waals surface area contributed by atoms with Crippen molar-refractivity contribution in [3.8, 4) is 5.75 Å². The van der Waals surface area contributed by atoms with Crippen molar-refractivity contribution in [2.75, 3.05) is 7.11 Å². The van der Waals surface area contributed by atoms with Crippen molar-refractivity contribution in [3.63, 3.8) is 0 Å². The summed E-state index contributed by atoms with van der Waals surface area (Å²) in [5.74, 6) is 0.622. The normalized spacial score (nSPS) is 12.4. The Morgan fingerprint density at radius 1 is 1.08 bits per heavy atom. The third-order valence-electron chi connectivity index (χ3n) is 4.09. The van der Waals surface area contributed by atoms with Gasteiger partial charge in [0.15, 0.2) is 0 Å². The van der Waals surface area contributed by atoms with Crippen molar-refractivity contribution < 1.29 is 13.2 Å². The maximum absolute atomic E-state index is 12.7. The van der Waals surface area contributed by atoms with Crippen LogP contribution in [0.4, 0.5) is 0 Å². The lowest BCUT2D eigenvalue weighted by molar-refractivity contribution is 0.414. The molecular weight excluding hydrogens is 336 g/mol. The van der Waals surface area contributed by atoms with Gasteiger partial charge in [-0.3, -0.25) is 0 Å². The molecule has 0 saturated heterocycles. The van der Waals surface area contributed by atoms with Gasteiger partial charge in [0.25, 0.3) is 0 Å². The number of methoxy groups -OCH3 is 1. The molecule has 1 heterocycles. The second kappa shape index (κ2) is 6.54. The maximum atomic E-state index is 12.7. The van der Waals surface area contributed by atoms with Gasteiger partial charge in [-0.1, -0.05) is 18.2 Å². The highest BCUT2D eigenvalue weighted by atomic mass is 32.2. The van der Waals surface area contributed by atoms with Crippen LogP contribution in [-0.4, -0.2) is 26.1 Å². The quantitative estimate of drug-likeness (QED) is 0.709. The minimum atomic E-state index is -3.62. The van der Waals surface area contributed by atoms with Crippen LogP contribution in [-0.2, 0) is 16.4 Å². The Morgan fingerprint density at radius 3 is 2.44 bits per heavy atom. The number of rotatable bonds is 6. The largest absolute Gasteiger partial charge is 0.497 e. The summed E-state index contributed by atoms with van der Waals surface area (Å²) in [6.45, 7) is 3.77. The molecule has 0 aliphatic carbocycles. The highest BCUT2D eigenvalue weighted by molar-refractivity contribution is 7.89. The van der Waals surface area contributed by atoms with E-state index in [0.717, 1.165) is 16.5 Å². The van der Waals surface area contributed by atoms with Gasteiger partial charge in [0.1, 0.15) is 5.75 Å². The lowest BCUT2D eigenvalue weighted by Gasteiger charge is -2.26. The molecule has 0 aliphatic rings. The van der Waals surface area contributed by atoms with Crippen LogP contribution in [0.3, 0.4) is 0 Å². The second-order valence-corrected chi connectivity index (χ2v) is 8.38.